The molecule has 2 aromatic carbocycles. The Morgan fingerprint density at radius 1 is 1.05 bits per heavy atom. The second-order valence-electron chi connectivity index (χ2n) is 4.20. The van der Waals surface area contributed by atoms with E-state index in [1.807, 2.05) is 30.3 Å². The molecule has 4 nitrogen and oxygen atoms in total. The highest BCUT2D eigenvalue weighted by Crippen LogP contribution is 2.36. The van der Waals surface area contributed by atoms with Crippen molar-refractivity contribution in [2.75, 3.05) is 7.11 Å². The first-order valence-electron chi connectivity index (χ1n) is 6.01. The van der Waals surface area contributed by atoms with Crippen molar-refractivity contribution in [2.45, 2.75) is 11.4 Å². The molecule has 1 N–H and O–H groups in total. The van der Waals surface area contributed by atoms with Gasteiger partial charge in [0.25, 0.3) is 0 Å². The zero-order chi connectivity index (χ0) is 15.5. The van der Waals surface area contributed by atoms with Gasteiger partial charge in [-0.15, -0.1) is 0 Å². The minimum atomic E-state index is -3.76. The number of hydrogen-bond acceptors (Lipinski definition) is 3. The summed E-state index contributed by atoms with van der Waals surface area (Å²) in [5, 5.41) is 0.0123. The molecule has 0 amide bonds. The van der Waals surface area contributed by atoms with Crippen molar-refractivity contribution in [3.05, 3.63) is 58.1 Å². The summed E-state index contributed by atoms with van der Waals surface area (Å²) in [5.74, 6) is 0.323. The number of hydrogen-bond donors (Lipinski definition) is 1. The standard InChI is InChI=1S/C14H13Cl2NO3S/c1-20-11-7-8-12(14(16)13(11)15)21(18,19)17-9-10-5-3-2-4-6-10/h2-8,17H,9H2,1H3. The minimum Gasteiger partial charge on any atom is -0.495 e. The average Bonchev–Trinajstić information content (AvgIpc) is 2.49. The number of nitrogens with one attached hydrogen (secondary N) is 1. The van der Waals surface area contributed by atoms with Crippen LogP contribution in [0.4, 0.5) is 0 Å². The van der Waals surface area contributed by atoms with Crippen LogP contribution in [0.15, 0.2) is 47.4 Å². The fourth-order valence-electron chi connectivity index (χ4n) is 1.73. The topological polar surface area (TPSA) is 55.4 Å². The number of ether oxygens (including phenoxy) is 1. The summed E-state index contributed by atoms with van der Waals surface area (Å²) in [6.07, 6.45) is 0. The van der Waals surface area contributed by atoms with E-state index in [0.717, 1.165) is 5.56 Å². The zero-order valence-electron chi connectivity index (χ0n) is 11.1. The second-order valence-corrected chi connectivity index (χ2v) is 6.70. The van der Waals surface area contributed by atoms with Crippen LogP contribution >= 0.6 is 23.2 Å². The maximum absolute atomic E-state index is 12.3. The average molecular weight is 346 g/mol. The molecule has 2 aromatic rings. The molecule has 0 saturated heterocycles. The smallest absolute Gasteiger partial charge is 0.242 e. The molecule has 0 spiro atoms. The van der Waals surface area contributed by atoms with E-state index in [4.69, 9.17) is 27.9 Å². The summed E-state index contributed by atoms with van der Waals surface area (Å²) in [6.45, 7) is 0.170. The van der Waals surface area contributed by atoms with Crippen LogP contribution in [0.1, 0.15) is 5.56 Å². The number of rotatable bonds is 5. The normalized spacial score (nSPS) is 11.4. The van der Waals surface area contributed by atoms with Crippen LogP contribution in [0.5, 0.6) is 5.75 Å². The van der Waals surface area contributed by atoms with Gasteiger partial charge in [0.15, 0.2) is 0 Å². The third-order valence-electron chi connectivity index (χ3n) is 2.83. The molecule has 0 bridgehead atoms. The zero-order valence-corrected chi connectivity index (χ0v) is 13.5. The molecule has 0 heterocycles. The first-order chi connectivity index (χ1) is 9.95. The molecule has 0 fully saturated rings. The Balaban J connectivity index is 2.26. The molecule has 7 heteroatoms. The molecule has 0 saturated carbocycles. The fourth-order valence-corrected chi connectivity index (χ4v) is 3.59. The van der Waals surface area contributed by atoms with Crippen molar-refractivity contribution in [2.24, 2.45) is 0 Å². The third kappa shape index (κ3) is 3.68. The largest absolute Gasteiger partial charge is 0.495 e. The van der Waals surface area contributed by atoms with Gasteiger partial charge in [-0.3, -0.25) is 0 Å². The SMILES string of the molecule is COc1ccc(S(=O)(=O)NCc2ccccc2)c(Cl)c1Cl. The third-order valence-corrected chi connectivity index (χ3v) is 5.25. The van der Waals surface area contributed by atoms with Crippen LogP contribution in [0.2, 0.25) is 10.0 Å². The van der Waals surface area contributed by atoms with E-state index >= 15 is 0 Å². The molecule has 21 heavy (non-hydrogen) atoms. The van der Waals surface area contributed by atoms with E-state index in [1.54, 1.807) is 0 Å². The molecule has 0 atom stereocenters. The Hall–Kier alpha value is -1.27. The predicted molar refractivity (Wildman–Crippen MR) is 83.5 cm³/mol. The van der Waals surface area contributed by atoms with Crippen molar-refractivity contribution in [1.29, 1.82) is 0 Å². The van der Waals surface area contributed by atoms with E-state index in [1.165, 1.54) is 19.2 Å². The van der Waals surface area contributed by atoms with Gasteiger partial charge in [0.05, 0.1) is 12.1 Å². The quantitative estimate of drug-likeness (QED) is 0.902. The Bertz CT molecular complexity index is 733. The molecular formula is C14H13Cl2NO3S. The summed E-state index contributed by atoms with van der Waals surface area (Å²) >= 11 is 12.0. The van der Waals surface area contributed by atoms with Gasteiger partial charge in [0.1, 0.15) is 15.7 Å². The van der Waals surface area contributed by atoms with Crippen LogP contribution in [0.25, 0.3) is 0 Å². The molecule has 0 aliphatic heterocycles. The maximum atomic E-state index is 12.3. The highest BCUT2D eigenvalue weighted by atomic mass is 35.5. The van der Waals surface area contributed by atoms with Gasteiger partial charge in [-0.2, -0.15) is 0 Å². The number of methoxy groups -OCH3 is 1. The van der Waals surface area contributed by atoms with E-state index in [0.29, 0.717) is 5.75 Å². The molecule has 0 aliphatic rings. The van der Waals surface area contributed by atoms with Crippen LogP contribution < -0.4 is 9.46 Å². The van der Waals surface area contributed by atoms with E-state index in [2.05, 4.69) is 4.72 Å². The lowest BCUT2D eigenvalue weighted by Crippen LogP contribution is -2.23. The van der Waals surface area contributed by atoms with Crippen molar-refractivity contribution < 1.29 is 13.2 Å². The van der Waals surface area contributed by atoms with Gasteiger partial charge in [0.2, 0.25) is 10.0 Å². The summed E-state index contributed by atoms with van der Waals surface area (Å²) in [5.41, 5.74) is 0.844. The molecule has 2 rings (SSSR count). The Morgan fingerprint density at radius 3 is 2.33 bits per heavy atom. The van der Waals surface area contributed by atoms with Gasteiger partial charge in [-0.25, -0.2) is 13.1 Å². The maximum Gasteiger partial charge on any atom is 0.242 e. The highest BCUT2D eigenvalue weighted by Gasteiger charge is 2.21. The lowest BCUT2D eigenvalue weighted by Gasteiger charge is -2.11. The molecule has 0 unspecified atom stereocenters. The monoisotopic (exact) mass is 345 g/mol. The van der Waals surface area contributed by atoms with Crippen molar-refractivity contribution in [1.82, 2.24) is 4.72 Å². The lowest BCUT2D eigenvalue weighted by atomic mass is 10.2. The number of benzene rings is 2. The molecule has 0 radical (unpaired) electrons. The van der Waals surface area contributed by atoms with Crippen LogP contribution in [0.3, 0.4) is 0 Å². The van der Waals surface area contributed by atoms with Crippen molar-refractivity contribution >= 4 is 33.2 Å². The van der Waals surface area contributed by atoms with Gasteiger partial charge < -0.3 is 4.74 Å². The van der Waals surface area contributed by atoms with E-state index in [-0.39, 0.29) is 21.5 Å². The molecule has 0 aromatic heterocycles. The van der Waals surface area contributed by atoms with Crippen molar-refractivity contribution in [3.63, 3.8) is 0 Å². The fraction of sp³-hybridized carbons (Fsp3) is 0.143. The van der Waals surface area contributed by atoms with Crippen LogP contribution in [-0.2, 0) is 16.6 Å². The lowest BCUT2D eigenvalue weighted by molar-refractivity contribution is 0.414. The highest BCUT2D eigenvalue weighted by molar-refractivity contribution is 7.89. The van der Waals surface area contributed by atoms with E-state index in [9.17, 15) is 8.42 Å². The van der Waals surface area contributed by atoms with Gasteiger partial charge in [-0.1, -0.05) is 53.5 Å². The number of halogens is 2. The Labute approximate surface area is 133 Å². The van der Waals surface area contributed by atoms with Gasteiger partial charge >= 0.3 is 0 Å². The Kier molecular flexibility index (Phi) is 5.11. The van der Waals surface area contributed by atoms with Crippen molar-refractivity contribution in [3.8, 4) is 5.75 Å². The first kappa shape index (κ1) is 16.1. The first-order valence-corrected chi connectivity index (χ1v) is 8.25. The van der Waals surface area contributed by atoms with Gasteiger partial charge in [0, 0.05) is 6.54 Å². The minimum absolute atomic E-state index is 0.0587. The van der Waals surface area contributed by atoms with Crippen LogP contribution in [0, 0.1) is 0 Å². The number of sulfonamides is 1. The van der Waals surface area contributed by atoms with E-state index < -0.39 is 10.0 Å². The summed E-state index contributed by atoms with van der Waals surface area (Å²) in [6, 6.07) is 12.0. The van der Waals surface area contributed by atoms with Gasteiger partial charge in [-0.05, 0) is 17.7 Å². The predicted octanol–water partition coefficient (Wildman–Crippen LogP) is 3.48. The summed E-state index contributed by atoms with van der Waals surface area (Å²) < 4.78 is 32.0. The van der Waals surface area contributed by atoms with Crippen LogP contribution in [-0.4, -0.2) is 15.5 Å². The summed E-state index contributed by atoms with van der Waals surface area (Å²) in [7, 11) is -2.33. The molecular weight excluding hydrogens is 333 g/mol. The second kappa shape index (κ2) is 6.66. The summed E-state index contributed by atoms with van der Waals surface area (Å²) in [4.78, 5) is -0.0779. The Morgan fingerprint density at radius 2 is 1.71 bits per heavy atom. The molecule has 112 valence electrons. The molecule has 0 aliphatic carbocycles.